The number of phosphoric acid groups is 1. The highest BCUT2D eigenvalue weighted by Gasteiger charge is 2.58. The predicted octanol–water partition coefficient (Wildman–Crippen LogP) is -5.94. The molecule has 0 saturated carbocycles. The first-order chi connectivity index (χ1) is 20.1. The number of nitrogens with two attached hydrogens (primary N) is 2. The number of carbonyl (C=O) groups is 2. The number of amides is 1. The number of carboxylic acids is 1. The van der Waals surface area contributed by atoms with Crippen LogP contribution in [0.2, 0.25) is 0 Å². The fraction of sp³-hybridized carbons (Fsp3) is 0.714. The lowest BCUT2D eigenvalue weighted by atomic mass is 9.88. The van der Waals surface area contributed by atoms with E-state index in [2.05, 4.69) is 10.3 Å². The van der Waals surface area contributed by atoms with Crippen molar-refractivity contribution in [1.82, 2.24) is 14.9 Å². The molecule has 0 bridgehead atoms. The molecule has 13 N–H and O–H groups in total. The number of aliphatic hydroxyl groups excluding tert-OH is 6. The number of aromatic nitrogens is 2. The zero-order valence-electron chi connectivity index (χ0n) is 22.2. The Kier molecular flexibility index (Phi) is 11.3. The largest absolute Gasteiger partial charge is 0.477 e. The molecule has 2 saturated heterocycles. The maximum Gasteiger partial charge on any atom is 0.475 e. The van der Waals surface area contributed by atoms with E-state index in [-0.39, 0.29) is 5.82 Å². The summed E-state index contributed by atoms with van der Waals surface area (Å²) in [6, 6.07) is -0.378. The summed E-state index contributed by atoms with van der Waals surface area (Å²) in [6.45, 7) is -2.42. The van der Waals surface area contributed by atoms with Crippen LogP contribution in [0.25, 0.3) is 0 Å². The lowest BCUT2D eigenvalue weighted by Crippen LogP contribution is -2.68. The number of phosphoric ester groups is 1. The number of nitrogens with one attached hydrogen (secondary N) is 1. The molecule has 22 heteroatoms. The summed E-state index contributed by atoms with van der Waals surface area (Å²) in [5, 5.41) is 72.9. The Morgan fingerprint density at radius 2 is 1.95 bits per heavy atom. The molecule has 1 aromatic heterocycles. The van der Waals surface area contributed by atoms with Gasteiger partial charge in [0.15, 0.2) is 6.23 Å². The molecule has 0 spiro atoms. The highest BCUT2D eigenvalue weighted by Crippen LogP contribution is 2.51. The number of rotatable bonds is 13. The van der Waals surface area contributed by atoms with E-state index in [0.717, 1.165) is 4.57 Å². The standard InChI is InChI=1S/C21H34N5O16P/c22-6-12(30)25-13-8(28)5-21(19(34)35,41-17(13)14(31)9(29)7-27)42-43(37,38)39-4-2-10-15(32)16(33)18(40-10)26-3-1-11(23)24-20(26)36/h1,3,8-10,13-18,27-29,31-33H,2,4-7,22H2,(H,25,30)(H,34,35)(H,37,38)(H2,23,24,36)/t8?,9-,10?,13?,14-,15?,16?,17?,18?,21?/m1/s1. The Hall–Kier alpha value is -2.63. The fourth-order valence-electron chi connectivity index (χ4n) is 4.54. The van der Waals surface area contributed by atoms with Gasteiger partial charge in [0.05, 0.1) is 38.0 Å². The van der Waals surface area contributed by atoms with Gasteiger partial charge in [-0.2, -0.15) is 4.98 Å². The number of hydrogen-bond donors (Lipinski definition) is 11. The van der Waals surface area contributed by atoms with Gasteiger partial charge in [-0.25, -0.2) is 18.7 Å². The summed E-state index contributed by atoms with van der Waals surface area (Å²) in [6.07, 6.45) is -14.4. The van der Waals surface area contributed by atoms with Crippen LogP contribution in [0.3, 0.4) is 0 Å². The molecule has 3 rings (SSSR count). The molecule has 9 unspecified atom stereocenters. The van der Waals surface area contributed by atoms with E-state index in [0.29, 0.717) is 0 Å². The third-order valence-electron chi connectivity index (χ3n) is 6.71. The normalized spacial score (nSPS) is 33.8. The molecular formula is C21H34N5O16P. The molecule has 0 aliphatic carbocycles. The van der Waals surface area contributed by atoms with Gasteiger partial charge >= 0.3 is 19.5 Å². The van der Waals surface area contributed by atoms with Crippen molar-refractivity contribution in [2.75, 3.05) is 25.5 Å². The number of aliphatic carboxylic acids is 1. The molecular weight excluding hydrogens is 609 g/mol. The van der Waals surface area contributed by atoms with Gasteiger partial charge in [-0.05, 0) is 6.07 Å². The molecule has 43 heavy (non-hydrogen) atoms. The van der Waals surface area contributed by atoms with Crippen LogP contribution in [0.4, 0.5) is 5.82 Å². The summed E-state index contributed by atoms with van der Waals surface area (Å²) < 4.78 is 34.0. The van der Waals surface area contributed by atoms with E-state index in [1.165, 1.54) is 12.3 Å². The lowest BCUT2D eigenvalue weighted by molar-refractivity contribution is -0.288. The van der Waals surface area contributed by atoms with Crippen molar-refractivity contribution >= 4 is 25.5 Å². The maximum absolute atomic E-state index is 12.8. The van der Waals surface area contributed by atoms with Crippen LogP contribution in [0, 0.1) is 0 Å². The van der Waals surface area contributed by atoms with Gasteiger partial charge in [0, 0.05) is 19.0 Å². The molecule has 1 amide bonds. The minimum atomic E-state index is -5.42. The summed E-state index contributed by atoms with van der Waals surface area (Å²) >= 11 is 0. The second-order valence-corrected chi connectivity index (χ2v) is 11.1. The van der Waals surface area contributed by atoms with Gasteiger partial charge in [0.2, 0.25) is 5.91 Å². The lowest BCUT2D eigenvalue weighted by Gasteiger charge is -2.46. The zero-order valence-corrected chi connectivity index (χ0v) is 23.1. The molecule has 1 aromatic rings. The molecule has 3 heterocycles. The Morgan fingerprint density at radius 1 is 1.28 bits per heavy atom. The fourth-order valence-corrected chi connectivity index (χ4v) is 5.50. The number of aliphatic hydroxyl groups is 6. The number of carboxylic acid groups (broad SMARTS) is 1. The van der Waals surface area contributed by atoms with Gasteiger partial charge in [0.1, 0.15) is 36.3 Å². The number of carbonyl (C=O) groups excluding carboxylic acids is 1. The number of anilines is 1. The number of hydrogen-bond acceptors (Lipinski definition) is 17. The number of ether oxygens (including phenoxy) is 2. The second kappa shape index (κ2) is 14.0. The topological polar surface area (TPSA) is 349 Å². The summed E-state index contributed by atoms with van der Waals surface area (Å²) in [7, 11) is -5.42. The molecule has 2 aliphatic heterocycles. The summed E-state index contributed by atoms with van der Waals surface area (Å²) in [5.74, 6) is -6.26. The Balaban J connectivity index is 1.72. The predicted molar refractivity (Wildman–Crippen MR) is 136 cm³/mol. The first kappa shape index (κ1) is 34.9. The maximum atomic E-state index is 12.8. The van der Waals surface area contributed by atoms with E-state index in [1.54, 1.807) is 0 Å². The molecule has 21 nitrogen and oxygen atoms in total. The van der Waals surface area contributed by atoms with Gasteiger partial charge in [0.25, 0.3) is 5.79 Å². The third-order valence-corrected chi connectivity index (χ3v) is 7.75. The summed E-state index contributed by atoms with van der Waals surface area (Å²) in [5.41, 5.74) is 9.77. The molecule has 2 fully saturated rings. The third kappa shape index (κ3) is 7.91. The van der Waals surface area contributed by atoms with Crippen LogP contribution in [-0.4, -0.2) is 136 Å². The van der Waals surface area contributed by atoms with Crippen molar-refractivity contribution in [1.29, 1.82) is 0 Å². The first-order valence-electron chi connectivity index (χ1n) is 12.7. The molecule has 0 aromatic carbocycles. The van der Waals surface area contributed by atoms with E-state index in [1.807, 2.05) is 0 Å². The van der Waals surface area contributed by atoms with Crippen molar-refractivity contribution < 1.29 is 73.3 Å². The van der Waals surface area contributed by atoms with Crippen molar-refractivity contribution in [3.8, 4) is 0 Å². The number of nitrogens with zero attached hydrogens (tertiary/aromatic N) is 2. The number of nitrogen functional groups attached to an aromatic ring is 1. The molecule has 2 aliphatic rings. The second-order valence-electron chi connectivity index (χ2n) is 9.72. The van der Waals surface area contributed by atoms with Gasteiger partial charge < -0.3 is 66.9 Å². The smallest absolute Gasteiger partial charge is 0.475 e. The average Bonchev–Trinajstić information content (AvgIpc) is 3.21. The summed E-state index contributed by atoms with van der Waals surface area (Å²) in [4.78, 5) is 49.9. The van der Waals surface area contributed by atoms with Crippen LogP contribution in [0.15, 0.2) is 17.1 Å². The van der Waals surface area contributed by atoms with Gasteiger partial charge in [-0.1, -0.05) is 0 Å². The van der Waals surface area contributed by atoms with Crippen LogP contribution in [0.1, 0.15) is 19.1 Å². The highest BCUT2D eigenvalue weighted by atomic mass is 31.2. The minimum absolute atomic E-state index is 0.104. The van der Waals surface area contributed by atoms with Crippen molar-refractivity contribution in [2.45, 2.75) is 73.6 Å². The van der Waals surface area contributed by atoms with Gasteiger partial charge in [-0.3, -0.25) is 13.9 Å². The van der Waals surface area contributed by atoms with E-state index < -0.39 is 119 Å². The zero-order chi connectivity index (χ0) is 32.3. The Morgan fingerprint density at radius 3 is 2.53 bits per heavy atom. The monoisotopic (exact) mass is 643 g/mol. The Labute approximate surface area is 241 Å². The van der Waals surface area contributed by atoms with Crippen molar-refractivity contribution in [3.63, 3.8) is 0 Å². The van der Waals surface area contributed by atoms with Crippen molar-refractivity contribution in [3.05, 3.63) is 22.7 Å². The Bertz CT molecular complexity index is 1250. The average molecular weight is 643 g/mol. The van der Waals surface area contributed by atoms with E-state index in [9.17, 15) is 59.6 Å². The van der Waals surface area contributed by atoms with E-state index >= 15 is 0 Å². The first-order valence-corrected chi connectivity index (χ1v) is 14.2. The van der Waals surface area contributed by atoms with Crippen molar-refractivity contribution in [2.24, 2.45) is 5.73 Å². The molecule has 11 atom stereocenters. The minimum Gasteiger partial charge on any atom is -0.477 e. The van der Waals surface area contributed by atoms with Gasteiger partial charge in [-0.15, -0.1) is 0 Å². The van der Waals surface area contributed by atoms with Crippen LogP contribution in [-0.2, 0) is 32.7 Å². The highest BCUT2D eigenvalue weighted by molar-refractivity contribution is 7.47. The van der Waals surface area contributed by atoms with Crippen LogP contribution in [0.5, 0.6) is 0 Å². The quantitative estimate of drug-likeness (QED) is 0.0891. The van der Waals surface area contributed by atoms with Crippen LogP contribution < -0.4 is 22.5 Å². The van der Waals surface area contributed by atoms with E-state index in [4.69, 9.17) is 30.0 Å². The van der Waals surface area contributed by atoms with Crippen LogP contribution >= 0.6 is 7.82 Å². The molecule has 0 radical (unpaired) electrons. The SMILES string of the molecule is NCC(=O)NC1C(O)CC(OP(=O)(O)OCCC2OC(n3ccc(N)nc3=O)C(O)C2O)(C(=O)O)OC1[C@H](O)[C@H](O)CO. The molecule has 244 valence electrons.